The number of thioether (sulfide) groups is 1. The Morgan fingerprint density at radius 3 is 1.86 bits per heavy atom. The molecule has 0 fully saturated rings. The predicted octanol–water partition coefficient (Wildman–Crippen LogP) is -2.42. The Kier molecular flexibility index (Phi) is 15.9. The number of nitrogens with zero attached hydrogens (tertiary/aromatic N) is 1. The third-order valence-corrected chi connectivity index (χ3v) is 5.78. The molecule has 14 nitrogen and oxygen atoms in total. The molecule has 4 amide bonds. The van der Waals surface area contributed by atoms with Gasteiger partial charge < -0.3 is 44.0 Å². The van der Waals surface area contributed by atoms with Crippen molar-refractivity contribution in [3.63, 3.8) is 0 Å². The zero-order valence-electron chi connectivity index (χ0n) is 21.0. The Bertz CT molecular complexity index is 790. The van der Waals surface area contributed by atoms with Crippen LogP contribution in [0.15, 0.2) is 4.99 Å². The highest BCUT2D eigenvalue weighted by molar-refractivity contribution is 7.98. The summed E-state index contributed by atoms with van der Waals surface area (Å²) < 4.78 is 0. The van der Waals surface area contributed by atoms with E-state index in [9.17, 15) is 29.1 Å². The molecule has 36 heavy (non-hydrogen) atoms. The number of nitrogens with one attached hydrogen (secondary N) is 3. The maximum atomic E-state index is 13.1. The second-order valence-electron chi connectivity index (χ2n) is 8.53. The van der Waals surface area contributed by atoms with Crippen LogP contribution in [0.4, 0.5) is 0 Å². The lowest BCUT2D eigenvalue weighted by Gasteiger charge is -2.25. The van der Waals surface area contributed by atoms with Gasteiger partial charge in [0.2, 0.25) is 23.6 Å². The number of guanidine groups is 1. The van der Waals surface area contributed by atoms with Crippen LogP contribution in [-0.4, -0.2) is 83.4 Å². The van der Waals surface area contributed by atoms with Gasteiger partial charge in [-0.3, -0.25) is 24.2 Å². The fourth-order valence-electron chi connectivity index (χ4n) is 2.94. The molecule has 0 rings (SSSR count). The van der Waals surface area contributed by atoms with Crippen LogP contribution in [0.1, 0.15) is 46.0 Å². The molecule has 12 N–H and O–H groups in total. The van der Waals surface area contributed by atoms with E-state index in [0.29, 0.717) is 12.2 Å². The Balaban J connectivity index is 5.57. The van der Waals surface area contributed by atoms with E-state index in [2.05, 4.69) is 20.9 Å². The Morgan fingerprint density at radius 1 is 0.861 bits per heavy atom. The van der Waals surface area contributed by atoms with Crippen molar-refractivity contribution < 1.29 is 29.1 Å². The fraction of sp³-hybridized carbons (Fsp3) is 0.714. The molecule has 0 heterocycles. The van der Waals surface area contributed by atoms with Crippen molar-refractivity contribution in [1.29, 1.82) is 0 Å². The van der Waals surface area contributed by atoms with Crippen LogP contribution in [0.3, 0.4) is 0 Å². The van der Waals surface area contributed by atoms with Gasteiger partial charge in [-0.25, -0.2) is 4.79 Å². The van der Waals surface area contributed by atoms with Crippen LogP contribution >= 0.6 is 11.8 Å². The van der Waals surface area contributed by atoms with E-state index in [1.807, 2.05) is 6.26 Å². The molecule has 4 unspecified atom stereocenters. The van der Waals surface area contributed by atoms with Crippen LogP contribution in [-0.2, 0) is 24.0 Å². The highest BCUT2D eigenvalue weighted by atomic mass is 32.2. The minimum atomic E-state index is -1.36. The average Bonchev–Trinajstić information content (AvgIpc) is 2.79. The van der Waals surface area contributed by atoms with E-state index in [1.165, 1.54) is 11.8 Å². The summed E-state index contributed by atoms with van der Waals surface area (Å²) in [6, 6.07) is -4.34. The Labute approximate surface area is 215 Å². The molecule has 0 aliphatic heterocycles. The lowest BCUT2D eigenvalue weighted by Crippen LogP contribution is -2.57. The molecular weight excluding hydrogens is 492 g/mol. The summed E-state index contributed by atoms with van der Waals surface area (Å²) >= 11 is 1.43. The summed E-state index contributed by atoms with van der Waals surface area (Å²) in [5, 5.41) is 16.9. The number of amides is 4. The van der Waals surface area contributed by atoms with Crippen molar-refractivity contribution in [2.45, 2.75) is 70.1 Å². The highest BCUT2D eigenvalue weighted by Gasteiger charge is 2.30. The molecule has 0 saturated carbocycles. The molecule has 0 aromatic rings. The number of carbonyl (C=O) groups is 5. The quantitative estimate of drug-likeness (QED) is 0.0526. The second-order valence-corrected chi connectivity index (χ2v) is 9.51. The van der Waals surface area contributed by atoms with Gasteiger partial charge in [0.05, 0.1) is 6.04 Å². The molecule has 0 aromatic carbocycles. The molecule has 0 radical (unpaired) electrons. The lowest BCUT2D eigenvalue weighted by atomic mass is 10.0. The third-order valence-electron chi connectivity index (χ3n) is 5.14. The largest absolute Gasteiger partial charge is 0.480 e. The first kappa shape index (κ1) is 32.9. The van der Waals surface area contributed by atoms with E-state index in [-0.39, 0.29) is 44.1 Å². The van der Waals surface area contributed by atoms with E-state index < -0.39 is 53.8 Å². The molecule has 15 heteroatoms. The first-order valence-corrected chi connectivity index (χ1v) is 12.9. The van der Waals surface area contributed by atoms with E-state index in [0.717, 1.165) is 0 Å². The van der Waals surface area contributed by atoms with Crippen LogP contribution < -0.4 is 38.9 Å². The smallest absolute Gasteiger partial charge is 0.326 e. The number of hydrogen-bond donors (Lipinski definition) is 8. The fourth-order valence-corrected chi connectivity index (χ4v) is 3.41. The van der Waals surface area contributed by atoms with E-state index in [4.69, 9.17) is 22.9 Å². The molecule has 0 aliphatic rings. The summed E-state index contributed by atoms with van der Waals surface area (Å²) in [5.74, 6) is -3.77. The zero-order chi connectivity index (χ0) is 27.8. The normalized spacial score (nSPS) is 14.1. The average molecular weight is 533 g/mol. The predicted molar refractivity (Wildman–Crippen MR) is 138 cm³/mol. The first-order chi connectivity index (χ1) is 16.8. The maximum absolute atomic E-state index is 13.1. The highest BCUT2D eigenvalue weighted by Crippen LogP contribution is 2.07. The van der Waals surface area contributed by atoms with E-state index in [1.54, 1.807) is 13.8 Å². The minimum Gasteiger partial charge on any atom is -0.480 e. The molecular formula is C21H40N8O6S. The van der Waals surface area contributed by atoms with Gasteiger partial charge in [0.1, 0.15) is 18.1 Å². The number of carboxylic acids is 1. The van der Waals surface area contributed by atoms with Crippen LogP contribution in [0.2, 0.25) is 0 Å². The number of carboxylic acid groups (broad SMARTS) is 1. The summed E-state index contributed by atoms with van der Waals surface area (Å²) in [6.07, 6.45) is 2.08. The minimum absolute atomic E-state index is 0.111. The summed E-state index contributed by atoms with van der Waals surface area (Å²) in [7, 11) is 0. The number of aliphatic carboxylic acids is 1. The third kappa shape index (κ3) is 13.7. The van der Waals surface area contributed by atoms with Gasteiger partial charge in [0, 0.05) is 13.0 Å². The van der Waals surface area contributed by atoms with Gasteiger partial charge in [0.25, 0.3) is 0 Å². The second kappa shape index (κ2) is 17.4. The van der Waals surface area contributed by atoms with Crippen molar-refractivity contribution in [2.24, 2.45) is 33.8 Å². The van der Waals surface area contributed by atoms with Gasteiger partial charge in [-0.1, -0.05) is 13.8 Å². The first-order valence-electron chi connectivity index (χ1n) is 11.5. The van der Waals surface area contributed by atoms with Gasteiger partial charge in [-0.05, 0) is 43.6 Å². The number of hydrogen-bond acceptors (Lipinski definition) is 8. The molecule has 0 saturated heterocycles. The standard InChI is InChI=1S/C21H40N8O6S/c1-11(2)16(23)19(33)28-12(5-4-9-26-21(24)25)17(31)27-13(8-10-36-3)18(32)29-14(20(34)35)6-7-15(22)30/h11-14,16H,4-10,23H2,1-3H3,(H2,22,30)(H,27,31)(H,28,33)(H,29,32)(H,34,35)(H4,24,25,26). The van der Waals surface area contributed by atoms with Crippen molar-refractivity contribution >= 4 is 47.3 Å². The lowest BCUT2D eigenvalue weighted by molar-refractivity contribution is -0.142. The maximum Gasteiger partial charge on any atom is 0.326 e. The number of carbonyl (C=O) groups excluding carboxylic acids is 4. The van der Waals surface area contributed by atoms with Crippen molar-refractivity contribution in [1.82, 2.24) is 16.0 Å². The van der Waals surface area contributed by atoms with Gasteiger partial charge in [-0.2, -0.15) is 11.8 Å². The summed E-state index contributed by atoms with van der Waals surface area (Å²) in [4.78, 5) is 64.8. The molecule has 0 bridgehead atoms. The van der Waals surface area contributed by atoms with Crippen molar-refractivity contribution in [3.8, 4) is 0 Å². The number of aliphatic imine (C=N–C) groups is 1. The van der Waals surface area contributed by atoms with Gasteiger partial charge >= 0.3 is 5.97 Å². The molecule has 0 aromatic heterocycles. The Hall–Kier alpha value is -3.07. The van der Waals surface area contributed by atoms with Gasteiger partial charge in [0.15, 0.2) is 5.96 Å². The topological polar surface area (TPSA) is 258 Å². The molecule has 0 aliphatic carbocycles. The van der Waals surface area contributed by atoms with Gasteiger partial charge in [-0.15, -0.1) is 0 Å². The zero-order valence-corrected chi connectivity index (χ0v) is 21.8. The summed E-state index contributed by atoms with van der Waals surface area (Å²) in [5.41, 5.74) is 21.6. The number of nitrogens with two attached hydrogens (primary N) is 4. The Morgan fingerprint density at radius 2 is 1.39 bits per heavy atom. The van der Waals surface area contributed by atoms with E-state index >= 15 is 0 Å². The summed E-state index contributed by atoms with van der Waals surface area (Å²) in [6.45, 7) is 3.74. The van der Waals surface area contributed by atoms with Crippen LogP contribution in [0, 0.1) is 5.92 Å². The SMILES string of the molecule is CSCCC(NC(=O)C(CCCN=C(N)N)NC(=O)C(N)C(C)C)C(=O)NC(CCC(N)=O)C(=O)O. The monoisotopic (exact) mass is 532 g/mol. The molecule has 0 spiro atoms. The van der Waals surface area contributed by atoms with Crippen LogP contribution in [0.25, 0.3) is 0 Å². The molecule has 206 valence electrons. The van der Waals surface area contributed by atoms with Crippen LogP contribution in [0.5, 0.6) is 0 Å². The number of primary amides is 1. The van der Waals surface area contributed by atoms with Crippen molar-refractivity contribution in [3.05, 3.63) is 0 Å². The molecule has 4 atom stereocenters. The number of rotatable bonds is 18. The van der Waals surface area contributed by atoms with Crippen molar-refractivity contribution in [2.75, 3.05) is 18.6 Å².